The fourth-order valence-electron chi connectivity index (χ4n) is 1.40. The first-order valence-corrected chi connectivity index (χ1v) is 5.12. The number of carboxylic acids is 1. The van der Waals surface area contributed by atoms with Gasteiger partial charge in [-0.05, 0) is 24.7 Å². The summed E-state index contributed by atoms with van der Waals surface area (Å²) in [5.74, 6) is -1.59. The van der Waals surface area contributed by atoms with Crippen LogP contribution in [0.25, 0.3) is 6.08 Å². The molecule has 0 aromatic heterocycles. The second-order valence-corrected chi connectivity index (χ2v) is 3.57. The summed E-state index contributed by atoms with van der Waals surface area (Å²) in [7, 11) is 1.71. The number of likely N-dealkylation sites (N-methyl/N-ethyl adjacent to an activating group) is 1. The van der Waals surface area contributed by atoms with E-state index >= 15 is 0 Å². The first kappa shape index (κ1) is 14.2. The molecule has 0 bridgehead atoms. The van der Waals surface area contributed by atoms with Crippen LogP contribution in [-0.2, 0) is 6.18 Å². The number of aromatic carboxylic acids is 1. The molecule has 0 atom stereocenters. The van der Waals surface area contributed by atoms with E-state index in [4.69, 9.17) is 5.11 Å². The topological polar surface area (TPSA) is 49.3 Å². The maximum absolute atomic E-state index is 12.7. The lowest BCUT2D eigenvalue weighted by Gasteiger charge is -2.10. The molecule has 0 amide bonds. The molecule has 1 rings (SSSR count). The van der Waals surface area contributed by atoms with Crippen molar-refractivity contribution in [2.45, 2.75) is 6.18 Å². The SMILES string of the molecule is CNCC=Cc1ccc(C(=O)O)c(C(F)(F)F)c1. The molecule has 0 unspecified atom stereocenters. The molecule has 0 saturated carbocycles. The Morgan fingerprint density at radius 2 is 2.11 bits per heavy atom. The molecule has 98 valence electrons. The summed E-state index contributed by atoms with van der Waals surface area (Å²) in [4.78, 5) is 10.7. The number of alkyl halides is 3. The van der Waals surface area contributed by atoms with Crippen LogP contribution in [0.3, 0.4) is 0 Å². The van der Waals surface area contributed by atoms with Gasteiger partial charge in [0, 0.05) is 6.54 Å². The second-order valence-electron chi connectivity index (χ2n) is 3.57. The molecule has 3 nitrogen and oxygen atoms in total. The van der Waals surface area contributed by atoms with E-state index in [0.717, 1.165) is 12.1 Å². The molecule has 0 spiro atoms. The molecular formula is C12H12F3NO2. The fraction of sp³-hybridized carbons (Fsp3) is 0.250. The molecule has 0 aliphatic heterocycles. The van der Waals surface area contributed by atoms with Crippen molar-refractivity contribution in [1.82, 2.24) is 5.32 Å². The molecule has 1 aromatic carbocycles. The number of carboxylic acid groups (broad SMARTS) is 1. The summed E-state index contributed by atoms with van der Waals surface area (Å²) in [6.45, 7) is 0.516. The van der Waals surface area contributed by atoms with Crippen LogP contribution in [-0.4, -0.2) is 24.7 Å². The highest BCUT2D eigenvalue weighted by Gasteiger charge is 2.35. The molecule has 0 aliphatic rings. The zero-order chi connectivity index (χ0) is 13.8. The van der Waals surface area contributed by atoms with E-state index in [2.05, 4.69) is 5.32 Å². The van der Waals surface area contributed by atoms with Crippen molar-refractivity contribution < 1.29 is 23.1 Å². The lowest BCUT2D eigenvalue weighted by atomic mass is 10.0. The van der Waals surface area contributed by atoms with Gasteiger partial charge < -0.3 is 10.4 Å². The van der Waals surface area contributed by atoms with Gasteiger partial charge >= 0.3 is 12.1 Å². The van der Waals surface area contributed by atoms with Crippen molar-refractivity contribution in [3.05, 3.63) is 41.0 Å². The quantitative estimate of drug-likeness (QED) is 0.873. The maximum atomic E-state index is 12.7. The van der Waals surface area contributed by atoms with Gasteiger partial charge in [-0.15, -0.1) is 0 Å². The summed E-state index contributed by atoms with van der Waals surface area (Å²) < 4.78 is 38.0. The molecule has 0 fully saturated rings. The van der Waals surface area contributed by atoms with Gasteiger partial charge in [-0.1, -0.05) is 18.2 Å². The van der Waals surface area contributed by atoms with Crippen LogP contribution in [0.5, 0.6) is 0 Å². The minimum Gasteiger partial charge on any atom is -0.478 e. The second kappa shape index (κ2) is 5.68. The number of rotatable bonds is 4. The van der Waals surface area contributed by atoms with Crippen molar-refractivity contribution in [3.63, 3.8) is 0 Å². The van der Waals surface area contributed by atoms with Gasteiger partial charge in [0.15, 0.2) is 0 Å². The Morgan fingerprint density at radius 3 is 2.61 bits per heavy atom. The largest absolute Gasteiger partial charge is 0.478 e. The van der Waals surface area contributed by atoms with Crippen molar-refractivity contribution in [3.8, 4) is 0 Å². The summed E-state index contributed by atoms with van der Waals surface area (Å²) in [6, 6.07) is 3.13. The average molecular weight is 259 g/mol. The van der Waals surface area contributed by atoms with Crippen LogP contribution in [0.4, 0.5) is 13.2 Å². The Morgan fingerprint density at radius 1 is 1.44 bits per heavy atom. The maximum Gasteiger partial charge on any atom is 0.417 e. The molecule has 6 heteroatoms. The van der Waals surface area contributed by atoms with Crippen LogP contribution in [0.2, 0.25) is 0 Å². The van der Waals surface area contributed by atoms with E-state index in [1.807, 2.05) is 0 Å². The van der Waals surface area contributed by atoms with Crippen molar-refractivity contribution in [1.29, 1.82) is 0 Å². The van der Waals surface area contributed by atoms with Crippen LogP contribution in [0, 0.1) is 0 Å². The molecule has 0 aliphatic carbocycles. The Hall–Kier alpha value is -1.82. The summed E-state index contributed by atoms with van der Waals surface area (Å²) in [5.41, 5.74) is -1.57. The van der Waals surface area contributed by atoms with Crippen LogP contribution in [0.1, 0.15) is 21.5 Å². The van der Waals surface area contributed by atoms with Crippen molar-refractivity contribution >= 4 is 12.0 Å². The minimum absolute atomic E-state index is 0.308. The van der Waals surface area contributed by atoms with Gasteiger partial charge in [0.25, 0.3) is 0 Å². The standard InChI is InChI=1S/C12H12F3NO2/c1-16-6-2-3-8-4-5-9(11(17)18)10(7-8)12(13,14)15/h2-5,7,16H,6H2,1H3,(H,17,18). The highest BCUT2D eigenvalue weighted by molar-refractivity contribution is 5.90. The Bertz CT molecular complexity index is 467. The first-order chi connectivity index (χ1) is 8.36. The van der Waals surface area contributed by atoms with Crippen molar-refractivity contribution in [2.24, 2.45) is 0 Å². The van der Waals surface area contributed by atoms with E-state index in [1.165, 1.54) is 12.1 Å². The van der Waals surface area contributed by atoms with Gasteiger partial charge in [-0.25, -0.2) is 4.79 Å². The highest BCUT2D eigenvalue weighted by Crippen LogP contribution is 2.33. The molecule has 1 aromatic rings. The smallest absolute Gasteiger partial charge is 0.417 e. The molecule has 0 saturated heterocycles. The van der Waals surface area contributed by atoms with Gasteiger partial charge in [0.1, 0.15) is 0 Å². The molecule has 0 heterocycles. The first-order valence-electron chi connectivity index (χ1n) is 5.12. The van der Waals surface area contributed by atoms with E-state index in [9.17, 15) is 18.0 Å². The lowest BCUT2D eigenvalue weighted by Crippen LogP contribution is -2.13. The van der Waals surface area contributed by atoms with Gasteiger partial charge in [0.2, 0.25) is 0 Å². The number of nitrogens with one attached hydrogen (secondary N) is 1. The number of carbonyl (C=O) groups is 1. The van der Waals surface area contributed by atoms with Crippen LogP contribution >= 0.6 is 0 Å². The summed E-state index contributed by atoms with van der Waals surface area (Å²) >= 11 is 0. The van der Waals surface area contributed by atoms with Crippen molar-refractivity contribution in [2.75, 3.05) is 13.6 Å². The number of benzene rings is 1. The third-order valence-corrected chi connectivity index (χ3v) is 2.21. The lowest BCUT2D eigenvalue weighted by molar-refractivity contribution is -0.138. The van der Waals surface area contributed by atoms with Crippen LogP contribution < -0.4 is 5.32 Å². The predicted octanol–water partition coefficient (Wildman–Crippen LogP) is 2.64. The Kier molecular flexibility index (Phi) is 4.49. The van der Waals surface area contributed by atoms with E-state index in [-0.39, 0.29) is 0 Å². The van der Waals surface area contributed by atoms with E-state index in [1.54, 1.807) is 13.1 Å². The number of hydrogen-bond acceptors (Lipinski definition) is 2. The molecule has 18 heavy (non-hydrogen) atoms. The summed E-state index contributed by atoms with van der Waals surface area (Å²) in [5, 5.41) is 11.5. The highest BCUT2D eigenvalue weighted by atomic mass is 19.4. The van der Waals surface area contributed by atoms with Gasteiger partial charge in [-0.2, -0.15) is 13.2 Å². The van der Waals surface area contributed by atoms with Gasteiger partial charge in [0.05, 0.1) is 11.1 Å². The summed E-state index contributed by atoms with van der Waals surface area (Å²) in [6.07, 6.45) is -1.53. The third kappa shape index (κ3) is 3.59. The normalized spacial score (nSPS) is 12.0. The number of hydrogen-bond donors (Lipinski definition) is 2. The Labute approximate surface area is 102 Å². The molecular weight excluding hydrogens is 247 g/mol. The average Bonchev–Trinajstić information content (AvgIpc) is 2.28. The van der Waals surface area contributed by atoms with E-state index < -0.39 is 23.3 Å². The fourth-order valence-corrected chi connectivity index (χ4v) is 1.40. The zero-order valence-electron chi connectivity index (χ0n) is 9.58. The third-order valence-electron chi connectivity index (χ3n) is 2.21. The minimum atomic E-state index is -4.68. The molecule has 0 radical (unpaired) electrons. The monoisotopic (exact) mass is 259 g/mol. The van der Waals surface area contributed by atoms with E-state index in [0.29, 0.717) is 12.1 Å². The van der Waals surface area contributed by atoms with Crippen LogP contribution in [0.15, 0.2) is 24.3 Å². The van der Waals surface area contributed by atoms with Gasteiger partial charge in [-0.3, -0.25) is 0 Å². The zero-order valence-corrected chi connectivity index (χ0v) is 9.58. The predicted molar refractivity (Wildman–Crippen MR) is 61.4 cm³/mol. The molecule has 2 N–H and O–H groups in total. The Balaban J connectivity index is 3.18. The number of halogens is 3.